The van der Waals surface area contributed by atoms with Gasteiger partial charge in [0.2, 0.25) is 0 Å². The van der Waals surface area contributed by atoms with Crippen LogP contribution in [0.2, 0.25) is 0 Å². The molecule has 0 atom stereocenters. The molecular formula is C64H64O4. The summed E-state index contributed by atoms with van der Waals surface area (Å²) in [6.45, 7) is 17.6. The topological polar surface area (TPSA) is 36.9 Å². The third kappa shape index (κ3) is 8.04. The lowest BCUT2D eigenvalue weighted by Gasteiger charge is -2.33. The van der Waals surface area contributed by atoms with Crippen LogP contribution in [0.4, 0.5) is 0 Å². The van der Waals surface area contributed by atoms with Crippen LogP contribution in [0.5, 0.6) is 23.0 Å². The number of aryl methyl sites for hydroxylation is 8. The molecule has 8 aromatic rings. The second-order valence-electron chi connectivity index (χ2n) is 19.1. The molecule has 8 aromatic carbocycles. The summed E-state index contributed by atoms with van der Waals surface area (Å²) in [6, 6.07) is 54.1. The van der Waals surface area contributed by atoms with Crippen molar-refractivity contribution in [2.45, 2.75) is 79.1 Å². The van der Waals surface area contributed by atoms with Crippen LogP contribution in [0.1, 0.15) is 135 Å². The minimum Gasteiger partial charge on any atom is -0.496 e. The molecule has 0 aliphatic heterocycles. The monoisotopic (exact) mass is 896 g/mol. The molecule has 0 unspecified atom stereocenters. The maximum absolute atomic E-state index is 6.84. The van der Waals surface area contributed by atoms with Crippen molar-refractivity contribution in [3.05, 3.63) is 257 Å². The van der Waals surface area contributed by atoms with Crippen molar-refractivity contribution in [1.29, 1.82) is 0 Å². The van der Waals surface area contributed by atoms with Gasteiger partial charge in [0, 0.05) is 68.2 Å². The Balaban J connectivity index is 1.52. The van der Waals surface area contributed by atoms with E-state index in [1.807, 2.05) is 28.4 Å². The van der Waals surface area contributed by atoms with Crippen molar-refractivity contribution >= 4 is 0 Å². The van der Waals surface area contributed by atoms with Gasteiger partial charge in [-0.2, -0.15) is 0 Å². The van der Waals surface area contributed by atoms with Gasteiger partial charge < -0.3 is 18.9 Å². The molecule has 0 saturated heterocycles. The molecule has 8 bridgehead atoms. The molecule has 0 aromatic heterocycles. The first-order valence-electron chi connectivity index (χ1n) is 23.8. The average Bonchev–Trinajstić information content (AvgIpc) is 3.32. The van der Waals surface area contributed by atoms with Crippen molar-refractivity contribution in [3.8, 4) is 23.0 Å². The van der Waals surface area contributed by atoms with Gasteiger partial charge in [-0.05, 0) is 99.9 Å². The lowest BCUT2D eigenvalue weighted by Crippen LogP contribution is -2.17. The Morgan fingerprint density at radius 3 is 0.559 bits per heavy atom. The first-order valence-corrected chi connectivity index (χ1v) is 23.8. The van der Waals surface area contributed by atoms with Crippen LogP contribution in [-0.4, -0.2) is 28.4 Å². The number of rotatable bonds is 8. The van der Waals surface area contributed by atoms with Gasteiger partial charge in [0.15, 0.2) is 0 Å². The zero-order valence-corrected chi connectivity index (χ0v) is 41.8. The van der Waals surface area contributed by atoms with E-state index >= 15 is 0 Å². The molecule has 1 aliphatic carbocycles. The molecule has 4 nitrogen and oxygen atoms in total. The largest absolute Gasteiger partial charge is 0.496 e. The number of hydrogen-bond acceptors (Lipinski definition) is 4. The Bertz CT molecular complexity index is 2680. The number of fused-ring (bicyclic) bond motifs is 8. The van der Waals surface area contributed by atoms with Crippen LogP contribution in [0, 0.1) is 55.4 Å². The number of ether oxygens (including phenoxy) is 4. The van der Waals surface area contributed by atoms with E-state index in [-0.39, 0.29) is 23.7 Å². The highest BCUT2D eigenvalue weighted by molar-refractivity contribution is 5.68. The third-order valence-electron chi connectivity index (χ3n) is 14.6. The third-order valence-corrected chi connectivity index (χ3v) is 14.6. The first-order chi connectivity index (χ1) is 32.9. The van der Waals surface area contributed by atoms with Crippen LogP contribution in [-0.2, 0) is 0 Å². The molecule has 0 spiro atoms. The lowest BCUT2D eigenvalue weighted by atomic mass is 9.73. The van der Waals surface area contributed by atoms with E-state index in [1.54, 1.807) is 0 Å². The summed E-state index contributed by atoms with van der Waals surface area (Å²) < 4.78 is 27.4. The van der Waals surface area contributed by atoms with Crippen molar-refractivity contribution in [1.82, 2.24) is 0 Å². The van der Waals surface area contributed by atoms with Crippen LogP contribution >= 0.6 is 0 Å². The van der Waals surface area contributed by atoms with E-state index in [4.69, 9.17) is 18.9 Å². The second kappa shape index (κ2) is 18.9. The van der Waals surface area contributed by atoms with Gasteiger partial charge in [0.05, 0.1) is 28.4 Å². The lowest BCUT2D eigenvalue weighted by molar-refractivity contribution is 0.390. The highest BCUT2D eigenvalue weighted by atomic mass is 16.5. The number of para-hydroxylation sites is 4. The summed E-state index contributed by atoms with van der Waals surface area (Å²) in [5.41, 5.74) is 22.8. The average molecular weight is 897 g/mol. The Morgan fingerprint density at radius 1 is 0.235 bits per heavy atom. The quantitative estimate of drug-likeness (QED) is 0.152. The van der Waals surface area contributed by atoms with Gasteiger partial charge in [-0.3, -0.25) is 0 Å². The fraction of sp³-hybridized carbons (Fsp3) is 0.250. The smallest absolute Gasteiger partial charge is 0.127 e. The van der Waals surface area contributed by atoms with Crippen molar-refractivity contribution in [2.75, 3.05) is 28.4 Å². The van der Waals surface area contributed by atoms with E-state index < -0.39 is 0 Å². The van der Waals surface area contributed by atoms with Gasteiger partial charge in [0.25, 0.3) is 0 Å². The number of benzene rings is 8. The van der Waals surface area contributed by atoms with E-state index in [0.717, 1.165) is 67.5 Å². The number of methoxy groups -OCH3 is 4. The van der Waals surface area contributed by atoms with Gasteiger partial charge in [-0.25, -0.2) is 0 Å². The molecular weight excluding hydrogens is 833 g/mol. The highest BCUT2D eigenvalue weighted by Crippen LogP contribution is 2.54. The predicted molar refractivity (Wildman–Crippen MR) is 279 cm³/mol. The maximum atomic E-state index is 6.84. The fourth-order valence-electron chi connectivity index (χ4n) is 11.7. The molecule has 0 N–H and O–H groups in total. The molecule has 344 valence electrons. The highest BCUT2D eigenvalue weighted by Gasteiger charge is 2.37. The first kappa shape index (κ1) is 46.1. The van der Waals surface area contributed by atoms with Crippen molar-refractivity contribution in [3.63, 3.8) is 0 Å². The van der Waals surface area contributed by atoms with E-state index in [0.29, 0.717) is 0 Å². The SMILES string of the molecule is COc1c2cccc1C(c1ccc(C)cc1C)c1cccc(c1OC)C(c1ccc(C)cc1C)c1cccc(c1OC)C(c1ccc(C)cc1C)c1cccc(c1OC)C2c1ccc(C)cc1C. The maximum Gasteiger partial charge on any atom is 0.127 e. The molecule has 1 aliphatic rings. The Kier molecular flexibility index (Phi) is 12.8. The normalized spacial score (nSPS) is 16.5. The second-order valence-corrected chi connectivity index (χ2v) is 19.1. The van der Waals surface area contributed by atoms with Crippen LogP contribution < -0.4 is 18.9 Å². The zero-order valence-electron chi connectivity index (χ0n) is 41.8. The Labute approximate surface area is 404 Å². The minimum absolute atomic E-state index is 0.275. The van der Waals surface area contributed by atoms with E-state index in [1.165, 1.54) is 66.8 Å². The molecule has 9 rings (SSSR count). The minimum atomic E-state index is -0.275. The molecule has 0 saturated carbocycles. The van der Waals surface area contributed by atoms with Crippen LogP contribution in [0.25, 0.3) is 0 Å². The fourth-order valence-corrected chi connectivity index (χ4v) is 11.7. The van der Waals surface area contributed by atoms with Gasteiger partial charge >= 0.3 is 0 Å². The van der Waals surface area contributed by atoms with Crippen LogP contribution in [0.15, 0.2) is 146 Å². The summed E-state index contributed by atoms with van der Waals surface area (Å²) in [5, 5.41) is 0. The van der Waals surface area contributed by atoms with Gasteiger partial charge in [0.1, 0.15) is 23.0 Å². The number of hydrogen-bond donors (Lipinski definition) is 0. The summed E-state index contributed by atoms with van der Waals surface area (Å²) in [6.07, 6.45) is 0. The molecule has 0 amide bonds. The molecule has 4 heteroatoms. The summed E-state index contributed by atoms with van der Waals surface area (Å²) in [5.74, 6) is 2.23. The van der Waals surface area contributed by atoms with Gasteiger partial charge in [-0.1, -0.05) is 168 Å². The zero-order chi connectivity index (χ0) is 48.0. The summed E-state index contributed by atoms with van der Waals surface area (Å²) in [7, 11) is 7.30. The molecule has 0 radical (unpaired) electrons. The van der Waals surface area contributed by atoms with Crippen molar-refractivity contribution < 1.29 is 18.9 Å². The van der Waals surface area contributed by atoms with E-state index in [2.05, 4.69) is 201 Å². The Morgan fingerprint density at radius 2 is 0.412 bits per heavy atom. The standard InChI is InChI=1S/C64H64O4/c1-37-25-29-45(41(5)33-37)57-49-17-13-19-51(61(49)65-9)58(46-30-26-38(2)34-42(46)6)53-21-15-23-55(63(53)67-11)60(48-32-28-40(4)36-44(48)8)56-24-16-22-54(64(56)68-12)59(47-31-27-39(3)35-43(47)7)52-20-14-18-50(57)62(52)66-10/h13-36,57-60H,1-12H3. The van der Waals surface area contributed by atoms with E-state index in [9.17, 15) is 0 Å². The van der Waals surface area contributed by atoms with Crippen LogP contribution in [0.3, 0.4) is 0 Å². The summed E-state index contributed by atoms with van der Waals surface area (Å²) in [4.78, 5) is 0. The van der Waals surface area contributed by atoms with Crippen molar-refractivity contribution in [2.24, 2.45) is 0 Å². The molecule has 68 heavy (non-hydrogen) atoms. The predicted octanol–water partition coefficient (Wildman–Crippen LogP) is 15.2. The molecule has 0 fully saturated rings. The molecule has 0 heterocycles. The van der Waals surface area contributed by atoms with Gasteiger partial charge in [-0.15, -0.1) is 0 Å². The Hall–Kier alpha value is -7.04. The summed E-state index contributed by atoms with van der Waals surface area (Å²) >= 11 is 0.